The van der Waals surface area contributed by atoms with E-state index >= 15 is 0 Å². The lowest BCUT2D eigenvalue weighted by molar-refractivity contribution is 1.15. The molecular formula is C6H14ClNS. The molecule has 1 nitrogen and oxygen atoms in total. The van der Waals surface area contributed by atoms with Crippen LogP contribution in [0.1, 0.15) is 6.92 Å². The van der Waals surface area contributed by atoms with E-state index in [1.54, 1.807) is 0 Å². The Kier molecular flexibility index (Phi) is 15.0. The van der Waals surface area contributed by atoms with Gasteiger partial charge in [-0.3, -0.25) is 0 Å². The minimum absolute atomic E-state index is 0. The van der Waals surface area contributed by atoms with Crippen LogP contribution in [0, 0.1) is 0 Å². The number of hydrogen-bond donors (Lipinski definition) is 1. The van der Waals surface area contributed by atoms with Crippen molar-refractivity contribution in [1.82, 2.24) is 0 Å². The molecule has 0 aromatic heterocycles. The summed E-state index contributed by atoms with van der Waals surface area (Å²) in [5.41, 5.74) is 5.27. The second-order valence-corrected chi connectivity index (χ2v) is 2.58. The summed E-state index contributed by atoms with van der Waals surface area (Å²) in [6.45, 7) is 2.82. The van der Waals surface area contributed by atoms with Gasteiger partial charge in [0, 0.05) is 18.1 Å². The topological polar surface area (TPSA) is 26.0 Å². The predicted octanol–water partition coefficient (Wildman–Crippen LogP) is 1.68. The number of halogens is 1. The third-order valence-electron chi connectivity index (χ3n) is 0.712. The van der Waals surface area contributed by atoms with Crippen molar-refractivity contribution in [3.8, 4) is 0 Å². The SMILES string of the molecule is CC=CCSCCN.Cl. The third-order valence-corrected chi connectivity index (χ3v) is 1.66. The van der Waals surface area contributed by atoms with Gasteiger partial charge in [-0.15, -0.1) is 12.4 Å². The number of allylic oxidation sites excluding steroid dienone is 1. The molecule has 0 saturated carbocycles. The molecule has 0 radical (unpaired) electrons. The van der Waals surface area contributed by atoms with Crippen molar-refractivity contribution in [3.63, 3.8) is 0 Å². The molecule has 0 fully saturated rings. The second-order valence-electron chi connectivity index (χ2n) is 1.43. The van der Waals surface area contributed by atoms with E-state index in [-0.39, 0.29) is 12.4 Å². The van der Waals surface area contributed by atoms with Gasteiger partial charge in [-0.1, -0.05) is 12.2 Å². The first-order valence-corrected chi connectivity index (χ1v) is 3.96. The zero-order valence-corrected chi connectivity index (χ0v) is 7.30. The van der Waals surface area contributed by atoms with Crippen molar-refractivity contribution in [2.45, 2.75) is 6.92 Å². The Bertz CT molecular complexity index is 66.1. The maximum Gasteiger partial charge on any atom is 0.0113 e. The molecule has 0 unspecified atom stereocenters. The smallest absolute Gasteiger partial charge is 0.0113 e. The summed E-state index contributed by atoms with van der Waals surface area (Å²) in [7, 11) is 0. The minimum atomic E-state index is 0. The molecule has 0 aromatic carbocycles. The fourth-order valence-corrected chi connectivity index (χ4v) is 0.993. The first-order valence-electron chi connectivity index (χ1n) is 2.80. The summed E-state index contributed by atoms with van der Waals surface area (Å²) in [6.07, 6.45) is 4.20. The van der Waals surface area contributed by atoms with Crippen molar-refractivity contribution in [2.75, 3.05) is 18.1 Å². The molecule has 0 aliphatic heterocycles. The van der Waals surface area contributed by atoms with Gasteiger partial charge in [0.05, 0.1) is 0 Å². The average Bonchev–Trinajstić information content (AvgIpc) is 1.81. The minimum Gasteiger partial charge on any atom is -0.330 e. The third kappa shape index (κ3) is 11.8. The molecule has 0 amide bonds. The van der Waals surface area contributed by atoms with Crippen molar-refractivity contribution in [2.24, 2.45) is 5.73 Å². The van der Waals surface area contributed by atoms with Crippen LogP contribution in [0.15, 0.2) is 12.2 Å². The molecular weight excluding hydrogens is 154 g/mol. The van der Waals surface area contributed by atoms with Crippen molar-refractivity contribution in [3.05, 3.63) is 12.2 Å². The largest absolute Gasteiger partial charge is 0.330 e. The van der Waals surface area contributed by atoms with Crippen molar-refractivity contribution >= 4 is 24.2 Å². The quantitative estimate of drug-likeness (QED) is 0.510. The summed E-state index contributed by atoms with van der Waals surface area (Å²) in [4.78, 5) is 0. The number of hydrogen-bond acceptors (Lipinski definition) is 2. The molecule has 0 aliphatic carbocycles. The maximum absolute atomic E-state index is 5.27. The summed E-state index contributed by atoms with van der Waals surface area (Å²) in [5, 5.41) is 0. The Labute approximate surface area is 67.5 Å². The highest BCUT2D eigenvalue weighted by Gasteiger charge is 1.78. The zero-order chi connectivity index (χ0) is 6.24. The molecule has 0 rings (SSSR count). The van der Waals surface area contributed by atoms with Crippen LogP contribution in [0.2, 0.25) is 0 Å². The first kappa shape index (κ1) is 12.1. The number of rotatable bonds is 4. The molecule has 0 aliphatic rings. The fourth-order valence-electron chi connectivity index (χ4n) is 0.331. The Hall–Kier alpha value is 0.340. The predicted molar refractivity (Wildman–Crippen MR) is 48.4 cm³/mol. The zero-order valence-electron chi connectivity index (χ0n) is 5.67. The van der Waals surface area contributed by atoms with Crippen LogP contribution in [0.4, 0.5) is 0 Å². The van der Waals surface area contributed by atoms with Gasteiger partial charge in [0.15, 0.2) is 0 Å². The summed E-state index contributed by atoms with van der Waals surface area (Å²) < 4.78 is 0. The summed E-state index contributed by atoms with van der Waals surface area (Å²) in [5.74, 6) is 2.18. The molecule has 0 atom stereocenters. The summed E-state index contributed by atoms with van der Waals surface area (Å²) >= 11 is 1.87. The molecule has 0 aromatic rings. The van der Waals surface area contributed by atoms with Crippen LogP contribution in [0.25, 0.3) is 0 Å². The van der Waals surface area contributed by atoms with E-state index in [1.807, 2.05) is 18.7 Å². The second kappa shape index (κ2) is 11.2. The maximum atomic E-state index is 5.27. The Morgan fingerprint density at radius 2 is 2.22 bits per heavy atom. The lowest BCUT2D eigenvalue weighted by Crippen LogP contribution is -2.01. The lowest BCUT2D eigenvalue weighted by atomic mass is 10.6. The van der Waals surface area contributed by atoms with Crippen LogP contribution in [0.3, 0.4) is 0 Å². The Morgan fingerprint density at radius 1 is 1.56 bits per heavy atom. The van der Waals surface area contributed by atoms with E-state index in [1.165, 1.54) is 0 Å². The standard InChI is InChI=1S/C6H13NS.ClH/c1-2-3-5-8-6-4-7;/h2-3H,4-7H2,1H3;1H. The van der Waals surface area contributed by atoms with Crippen LogP contribution < -0.4 is 5.73 Å². The average molecular weight is 168 g/mol. The molecule has 0 saturated heterocycles. The van der Waals surface area contributed by atoms with Gasteiger partial charge in [0.25, 0.3) is 0 Å². The van der Waals surface area contributed by atoms with E-state index in [4.69, 9.17) is 5.73 Å². The van der Waals surface area contributed by atoms with Gasteiger partial charge in [-0.25, -0.2) is 0 Å². The van der Waals surface area contributed by atoms with E-state index in [2.05, 4.69) is 12.2 Å². The van der Waals surface area contributed by atoms with Crippen LogP contribution >= 0.6 is 24.2 Å². The monoisotopic (exact) mass is 167 g/mol. The first-order chi connectivity index (χ1) is 3.91. The van der Waals surface area contributed by atoms with E-state index < -0.39 is 0 Å². The normalized spacial score (nSPS) is 9.56. The molecule has 3 heteroatoms. The van der Waals surface area contributed by atoms with Crippen molar-refractivity contribution < 1.29 is 0 Å². The highest BCUT2D eigenvalue weighted by molar-refractivity contribution is 7.99. The van der Waals surface area contributed by atoms with Crippen LogP contribution in [0.5, 0.6) is 0 Å². The van der Waals surface area contributed by atoms with Gasteiger partial charge < -0.3 is 5.73 Å². The molecule has 0 spiro atoms. The Balaban J connectivity index is 0. The molecule has 9 heavy (non-hydrogen) atoms. The van der Waals surface area contributed by atoms with Gasteiger partial charge in [-0.2, -0.15) is 11.8 Å². The van der Waals surface area contributed by atoms with Gasteiger partial charge in [0.2, 0.25) is 0 Å². The summed E-state index contributed by atoms with van der Waals surface area (Å²) in [6, 6.07) is 0. The van der Waals surface area contributed by atoms with Crippen LogP contribution in [-0.2, 0) is 0 Å². The molecule has 2 N–H and O–H groups in total. The highest BCUT2D eigenvalue weighted by atomic mass is 35.5. The molecule has 0 heterocycles. The lowest BCUT2D eigenvalue weighted by Gasteiger charge is -1.89. The number of nitrogens with two attached hydrogens (primary N) is 1. The Morgan fingerprint density at radius 3 is 2.67 bits per heavy atom. The van der Waals surface area contributed by atoms with Gasteiger partial charge >= 0.3 is 0 Å². The van der Waals surface area contributed by atoms with Crippen molar-refractivity contribution in [1.29, 1.82) is 0 Å². The van der Waals surface area contributed by atoms with Gasteiger partial charge in [0.1, 0.15) is 0 Å². The van der Waals surface area contributed by atoms with Crippen LogP contribution in [-0.4, -0.2) is 18.1 Å². The molecule has 0 bridgehead atoms. The molecule has 56 valence electrons. The van der Waals surface area contributed by atoms with Gasteiger partial charge in [-0.05, 0) is 6.92 Å². The number of thioether (sulfide) groups is 1. The van der Waals surface area contributed by atoms with E-state index in [0.717, 1.165) is 18.1 Å². The van der Waals surface area contributed by atoms with E-state index in [9.17, 15) is 0 Å². The fraction of sp³-hybridized carbons (Fsp3) is 0.667. The highest BCUT2D eigenvalue weighted by Crippen LogP contribution is 1.96. The van der Waals surface area contributed by atoms with E-state index in [0.29, 0.717) is 0 Å².